The predicted octanol–water partition coefficient (Wildman–Crippen LogP) is 3.96. The molecule has 0 heterocycles. The van der Waals surface area contributed by atoms with Crippen molar-refractivity contribution in [3.63, 3.8) is 0 Å². The standard InChI is InChI=1S/C15H25NOS3/c1-18-11-8-16(9-12-19-2)14-6-4-5-7-15(14)17-10-13-20-3/h4-7H,8-13H2,1-3H3. The van der Waals surface area contributed by atoms with Crippen LogP contribution < -0.4 is 9.64 Å². The monoisotopic (exact) mass is 331 g/mol. The van der Waals surface area contributed by atoms with Crippen LogP contribution in [0, 0.1) is 0 Å². The second-order valence-electron chi connectivity index (χ2n) is 4.28. The number of rotatable bonds is 11. The summed E-state index contributed by atoms with van der Waals surface area (Å²) in [6.45, 7) is 2.92. The van der Waals surface area contributed by atoms with Gasteiger partial charge in [0.2, 0.25) is 0 Å². The largest absolute Gasteiger partial charge is 0.491 e. The number of hydrogen-bond donors (Lipinski definition) is 0. The van der Waals surface area contributed by atoms with Gasteiger partial charge in [0.15, 0.2) is 0 Å². The third-order valence-electron chi connectivity index (χ3n) is 2.88. The number of nitrogens with zero attached hydrogens (tertiary/aromatic N) is 1. The summed E-state index contributed by atoms with van der Waals surface area (Å²) in [6, 6.07) is 8.41. The molecule has 0 atom stereocenters. The van der Waals surface area contributed by atoms with Gasteiger partial charge in [-0.3, -0.25) is 0 Å². The van der Waals surface area contributed by atoms with Crippen LogP contribution in [-0.4, -0.2) is 55.7 Å². The molecule has 0 aliphatic rings. The van der Waals surface area contributed by atoms with E-state index in [0.29, 0.717) is 0 Å². The topological polar surface area (TPSA) is 12.5 Å². The molecule has 5 heteroatoms. The summed E-state index contributed by atoms with van der Waals surface area (Å²) < 4.78 is 5.94. The highest BCUT2D eigenvalue weighted by Gasteiger charge is 2.11. The van der Waals surface area contributed by atoms with Gasteiger partial charge in [-0.15, -0.1) is 0 Å². The highest BCUT2D eigenvalue weighted by atomic mass is 32.2. The SMILES string of the molecule is CSCCOc1ccccc1N(CCSC)CCSC. The van der Waals surface area contributed by atoms with E-state index in [9.17, 15) is 0 Å². The summed E-state index contributed by atoms with van der Waals surface area (Å²) in [7, 11) is 0. The van der Waals surface area contributed by atoms with Crippen LogP contribution in [0.25, 0.3) is 0 Å². The van der Waals surface area contributed by atoms with E-state index in [0.717, 1.165) is 42.7 Å². The second kappa shape index (κ2) is 11.5. The van der Waals surface area contributed by atoms with Crippen LogP contribution in [0.5, 0.6) is 5.75 Å². The minimum Gasteiger partial charge on any atom is -0.491 e. The van der Waals surface area contributed by atoms with Gasteiger partial charge in [-0.2, -0.15) is 35.3 Å². The Balaban J connectivity index is 2.75. The molecular weight excluding hydrogens is 306 g/mol. The maximum absolute atomic E-state index is 5.94. The maximum atomic E-state index is 5.94. The molecule has 0 saturated heterocycles. The van der Waals surface area contributed by atoms with Crippen molar-refractivity contribution < 1.29 is 4.74 Å². The predicted molar refractivity (Wildman–Crippen MR) is 99.3 cm³/mol. The molecule has 1 aromatic rings. The lowest BCUT2D eigenvalue weighted by Gasteiger charge is -2.26. The van der Waals surface area contributed by atoms with Gasteiger partial charge in [-0.25, -0.2) is 0 Å². The Labute approximate surface area is 136 Å². The van der Waals surface area contributed by atoms with E-state index in [4.69, 9.17) is 4.74 Å². The van der Waals surface area contributed by atoms with Gasteiger partial charge in [0.1, 0.15) is 5.75 Å². The van der Waals surface area contributed by atoms with Crippen LogP contribution in [0.3, 0.4) is 0 Å². The molecule has 0 aromatic heterocycles. The molecule has 0 unspecified atom stereocenters. The van der Waals surface area contributed by atoms with Crippen molar-refractivity contribution in [3.8, 4) is 5.75 Å². The van der Waals surface area contributed by atoms with Crippen molar-refractivity contribution in [2.24, 2.45) is 0 Å². The van der Waals surface area contributed by atoms with Crippen LogP contribution in [-0.2, 0) is 0 Å². The zero-order valence-corrected chi connectivity index (χ0v) is 15.1. The van der Waals surface area contributed by atoms with E-state index < -0.39 is 0 Å². The highest BCUT2D eigenvalue weighted by molar-refractivity contribution is 7.99. The number of thioether (sulfide) groups is 3. The molecule has 0 saturated carbocycles. The van der Waals surface area contributed by atoms with Crippen molar-refractivity contribution in [3.05, 3.63) is 24.3 Å². The first-order valence-electron chi connectivity index (χ1n) is 6.77. The van der Waals surface area contributed by atoms with Crippen LogP contribution >= 0.6 is 35.3 Å². The molecule has 0 aliphatic carbocycles. The Morgan fingerprint density at radius 1 is 0.900 bits per heavy atom. The van der Waals surface area contributed by atoms with Crippen LogP contribution in [0.4, 0.5) is 5.69 Å². The molecule has 20 heavy (non-hydrogen) atoms. The summed E-state index contributed by atoms with van der Waals surface area (Å²) in [5.41, 5.74) is 1.23. The van der Waals surface area contributed by atoms with Gasteiger partial charge in [-0.1, -0.05) is 12.1 Å². The fourth-order valence-corrected chi connectivity index (χ4v) is 2.89. The fourth-order valence-electron chi connectivity index (χ4n) is 1.83. The van der Waals surface area contributed by atoms with Crippen molar-refractivity contribution >= 4 is 41.0 Å². The van der Waals surface area contributed by atoms with Crippen LogP contribution in [0.1, 0.15) is 0 Å². The lowest BCUT2D eigenvalue weighted by Crippen LogP contribution is -2.29. The minimum atomic E-state index is 0.775. The third kappa shape index (κ3) is 6.55. The van der Waals surface area contributed by atoms with Crippen LogP contribution in [0.15, 0.2) is 24.3 Å². The molecule has 0 bridgehead atoms. The quantitative estimate of drug-likeness (QED) is 0.567. The number of ether oxygens (including phenoxy) is 1. The molecule has 2 nitrogen and oxygen atoms in total. The summed E-state index contributed by atoms with van der Waals surface area (Å²) in [4.78, 5) is 2.45. The molecule has 1 rings (SSSR count). The lowest BCUT2D eigenvalue weighted by molar-refractivity contribution is 0.344. The molecular formula is C15H25NOS3. The molecule has 0 amide bonds. The highest BCUT2D eigenvalue weighted by Crippen LogP contribution is 2.28. The summed E-state index contributed by atoms with van der Waals surface area (Å²) >= 11 is 5.60. The first-order valence-corrected chi connectivity index (χ1v) is 10.9. The van der Waals surface area contributed by atoms with Crippen molar-refractivity contribution in [2.75, 3.05) is 60.6 Å². The van der Waals surface area contributed by atoms with Gasteiger partial charge in [0, 0.05) is 30.3 Å². The minimum absolute atomic E-state index is 0.775. The van der Waals surface area contributed by atoms with Crippen LogP contribution in [0.2, 0.25) is 0 Å². The fraction of sp³-hybridized carbons (Fsp3) is 0.600. The van der Waals surface area contributed by atoms with Gasteiger partial charge >= 0.3 is 0 Å². The van der Waals surface area contributed by atoms with Crippen molar-refractivity contribution in [1.29, 1.82) is 0 Å². The van der Waals surface area contributed by atoms with E-state index in [2.05, 4.69) is 47.9 Å². The average molecular weight is 332 g/mol. The first-order chi connectivity index (χ1) is 9.83. The first kappa shape index (κ1) is 17.9. The smallest absolute Gasteiger partial charge is 0.142 e. The van der Waals surface area contributed by atoms with E-state index in [-0.39, 0.29) is 0 Å². The molecule has 0 N–H and O–H groups in total. The molecule has 0 aliphatic heterocycles. The Kier molecular flexibility index (Phi) is 10.3. The second-order valence-corrected chi connectivity index (χ2v) is 7.24. The summed E-state index contributed by atoms with van der Waals surface area (Å²) in [5.74, 6) is 4.34. The van der Waals surface area contributed by atoms with Crippen molar-refractivity contribution in [2.45, 2.75) is 0 Å². The van der Waals surface area contributed by atoms with Crippen molar-refractivity contribution in [1.82, 2.24) is 0 Å². The molecule has 0 radical (unpaired) electrons. The normalized spacial score (nSPS) is 10.6. The number of para-hydroxylation sites is 2. The van der Waals surface area contributed by atoms with Gasteiger partial charge < -0.3 is 9.64 Å². The van der Waals surface area contributed by atoms with Gasteiger partial charge in [0.05, 0.1) is 12.3 Å². The Morgan fingerprint density at radius 2 is 1.50 bits per heavy atom. The zero-order chi connectivity index (χ0) is 14.6. The zero-order valence-electron chi connectivity index (χ0n) is 12.6. The van der Waals surface area contributed by atoms with E-state index in [1.807, 2.05) is 35.3 Å². The lowest BCUT2D eigenvalue weighted by atomic mass is 10.2. The summed E-state index contributed by atoms with van der Waals surface area (Å²) in [5, 5.41) is 0. The Bertz CT molecular complexity index is 355. The number of benzene rings is 1. The van der Waals surface area contributed by atoms with E-state index in [1.165, 1.54) is 5.69 Å². The van der Waals surface area contributed by atoms with E-state index in [1.54, 1.807) is 0 Å². The number of hydrogen-bond acceptors (Lipinski definition) is 5. The molecule has 0 spiro atoms. The Morgan fingerprint density at radius 3 is 2.10 bits per heavy atom. The average Bonchev–Trinajstić information content (AvgIpc) is 2.48. The third-order valence-corrected chi connectivity index (χ3v) is 4.64. The van der Waals surface area contributed by atoms with Gasteiger partial charge in [-0.05, 0) is 30.9 Å². The van der Waals surface area contributed by atoms with Gasteiger partial charge in [0.25, 0.3) is 0 Å². The molecule has 1 aromatic carbocycles. The molecule has 114 valence electrons. The number of anilines is 1. The van der Waals surface area contributed by atoms with E-state index >= 15 is 0 Å². The Hall–Kier alpha value is -0.130. The molecule has 0 fully saturated rings. The summed E-state index contributed by atoms with van der Waals surface area (Å²) in [6.07, 6.45) is 6.43. The maximum Gasteiger partial charge on any atom is 0.142 e.